The van der Waals surface area contributed by atoms with Crippen molar-refractivity contribution in [2.45, 2.75) is 52.4 Å². The maximum absolute atomic E-state index is 4.39. The summed E-state index contributed by atoms with van der Waals surface area (Å²) in [6.45, 7) is 6.83. The molecule has 0 amide bonds. The van der Waals surface area contributed by atoms with E-state index >= 15 is 0 Å². The molecular formula is C16H26N2S. The van der Waals surface area contributed by atoms with Gasteiger partial charge in [0.05, 0.1) is 11.2 Å². The lowest BCUT2D eigenvalue weighted by atomic mass is 9.78. The molecule has 2 aliphatic rings. The van der Waals surface area contributed by atoms with Gasteiger partial charge in [0.25, 0.3) is 0 Å². The summed E-state index contributed by atoms with van der Waals surface area (Å²) in [4.78, 5) is 5.90. The fourth-order valence-electron chi connectivity index (χ4n) is 3.92. The lowest BCUT2D eigenvalue weighted by Gasteiger charge is -2.31. The predicted molar refractivity (Wildman–Crippen MR) is 81.6 cm³/mol. The van der Waals surface area contributed by atoms with E-state index < -0.39 is 0 Å². The van der Waals surface area contributed by atoms with Crippen LogP contribution in [0.4, 0.5) is 0 Å². The van der Waals surface area contributed by atoms with Crippen LogP contribution >= 0.6 is 11.3 Å². The Kier molecular flexibility index (Phi) is 3.95. The quantitative estimate of drug-likeness (QED) is 0.767. The Balaban J connectivity index is 1.58. The molecule has 106 valence electrons. The average Bonchev–Trinajstić information content (AvgIpc) is 2.83. The Bertz CT molecular complexity index is 416. The maximum Gasteiger partial charge on any atom is 0.0797 e. The third-order valence-corrected chi connectivity index (χ3v) is 6.11. The Morgan fingerprint density at radius 2 is 2.21 bits per heavy atom. The topological polar surface area (TPSA) is 24.9 Å². The normalized spacial score (nSPS) is 32.5. The van der Waals surface area contributed by atoms with Crippen molar-refractivity contribution in [2.75, 3.05) is 13.1 Å². The Morgan fingerprint density at radius 3 is 2.84 bits per heavy atom. The van der Waals surface area contributed by atoms with Gasteiger partial charge in [-0.3, -0.25) is 0 Å². The van der Waals surface area contributed by atoms with Crippen LogP contribution < -0.4 is 5.32 Å². The number of nitrogens with zero attached hydrogens (tertiary/aromatic N) is 1. The summed E-state index contributed by atoms with van der Waals surface area (Å²) in [5, 5.41) is 3.69. The molecule has 1 heterocycles. The van der Waals surface area contributed by atoms with Crippen molar-refractivity contribution in [1.82, 2.24) is 10.3 Å². The van der Waals surface area contributed by atoms with Crippen LogP contribution in [0.25, 0.3) is 0 Å². The van der Waals surface area contributed by atoms with Gasteiger partial charge in [-0.2, -0.15) is 0 Å². The Labute approximate surface area is 121 Å². The zero-order valence-electron chi connectivity index (χ0n) is 12.2. The molecule has 2 nitrogen and oxygen atoms in total. The van der Waals surface area contributed by atoms with Gasteiger partial charge in [0.2, 0.25) is 0 Å². The van der Waals surface area contributed by atoms with Gasteiger partial charge in [0, 0.05) is 11.4 Å². The van der Waals surface area contributed by atoms with Crippen LogP contribution in [-0.2, 0) is 6.42 Å². The minimum absolute atomic E-state index is 0.596. The van der Waals surface area contributed by atoms with Crippen LogP contribution in [-0.4, -0.2) is 18.1 Å². The summed E-state index contributed by atoms with van der Waals surface area (Å²) >= 11 is 1.84. The molecule has 2 atom stereocenters. The number of aryl methyl sites for hydroxylation is 2. The zero-order chi connectivity index (χ0) is 13.3. The third-order valence-electron chi connectivity index (χ3n) is 5.11. The molecule has 0 radical (unpaired) electrons. The van der Waals surface area contributed by atoms with Gasteiger partial charge in [0.15, 0.2) is 0 Å². The minimum Gasteiger partial charge on any atom is -0.316 e. The maximum atomic E-state index is 4.39. The Hall–Kier alpha value is -0.410. The van der Waals surface area contributed by atoms with Crippen LogP contribution in [0.5, 0.6) is 0 Å². The molecular weight excluding hydrogens is 252 g/mol. The number of hydrogen-bond donors (Lipinski definition) is 1. The summed E-state index contributed by atoms with van der Waals surface area (Å²) in [6.07, 6.45) is 8.33. The second-order valence-corrected chi connectivity index (χ2v) is 7.64. The number of thiazole rings is 1. The molecule has 1 N–H and O–H groups in total. The number of hydrogen-bond acceptors (Lipinski definition) is 3. The van der Waals surface area contributed by atoms with Crippen LogP contribution in [0.1, 0.15) is 49.6 Å². The van der Waals surface area contributed by atoms with Gasteiger partial charge in [-0.15, -0.1) is 11.3 Å². The highest BCUT2D eigenvalue weighted by atomic mass is 32.1. The summed E-state index contributed by atoms with van der Waals surface area (Å²) < 4.78 is 0. The standard InChI is InChI=1S/C16H26N2S/c1-3-6-17-10-16(8-13-7-14(13)9-16)5-4-15-12(2)18-11-19-15/h11,13-14,17H,3-10H2,1-2H3. The number of aromatic nitrogens is 1. The van der Waals surface area contributed by atoms with Crippen LogP contribution in [0, 0.1) is 24.2 Å². The van der Waals surface area contributed by atoms with Gasteiger partial charge in [0.1, 0.15) is 0 Å². The first-order chi connectivity index (χ1) is 9.22. The molecule has 1 aromatic rings. The number of fused-ring (bicyclic) bond motifs is 1. The molecule has 3 rings (SSSR count). The minimum atomic E-state index is 0.596. The fourth-order valence-corrected chi connectivity index (χ4v) is 4.70. The van der Waals surface area contributed by atoms with Gasteiger partial charge in [-0.25, -0.2) is 4.98 Å². The van der Waals surface area contributed by atoms with Crippen LogP contribution in [0.2, 0.25) is 0 Å². The van der Waals surface area contributed by atoms with Crippen molar-refractivity contribution in [3.63, 3.8) is 0 Å². The molecule has 2 saturated carbocycles. The molecule has 2 unspecified atom stereocenters. The molecule has 0 saturated heterocycles. The van der Waals surface area contributed by atoms with E-state index in [9.17, 15) is 0 Å². The smallest absolute Gasteiger partial charge is 0.0797 e. The van der Waals surface area contributed by atoms with E-state index in [-0.39, 0.29) is 0 Å². The first kappa shape index (κ1) is 13.6. The lowest BCUT2D eigenvalue weighted by molar-refractivity contribution is 0.231. The highest BCUT2D eigenvalue weighted by molar-refractivity contribution is 7.09. The van der Waals surface area contributed by atoms with E-state index in [1.54, 1.807) is 0 Å². The Morgan fingerprint density at radius 1 is 1.42 bits per heavy atom. The molecule has 19 heavy (non-hydrogen) atoms. The average molecular weight is 278 g/mol. The van der Waals surface area contributed by atoms with Crippen molar-refractivity contribution in [3.05, 3.63) is 16.1 Å². The predicted octanol–water partition coefficient (Wildman–Crippen LogP) is 3.80. The first-order valence-electron chi connectivity index (χ1n) is 7.82. The SMILES string of the molecule is CCCNCC1(CCc2scnc2C)CC2CC2C1. The van der Waals surface area contributed by atoms with E-state index in [0.29, 0.717) is 5.41 Å². The summed E-state index contributed by atoms with van der Waals surface area (Å²) in [6, 6.07) is 0. The van der Waals surface area contributed by atoms with E-state index in [0.717, 1.165) is 11.8 Å². The van der Waals surface area contributed by atoms with Crippen molar-refractivity contribution in [1.29, 1.82) is 0 Å². The van der Waals surface area contributed by atoms with Crippen molar-refractivity contribution in [2.24, 2.45) is 17.3 Å². The fraction of sp³-hybridized carbons (Fsp3) is 0.812. The van der Waals surface area contributed by atoms with E-state index in [4.69, 9.17) is 0 Å². The third kappa shape index (κ3) is 3.03. The molecule has 0 bridgehead atoms. The monoisotopic (exact) mass is 278 g/mol. The molecule has 0 aromatic carbocycles. The summed E-state index contributed by atoms with van der Waals surface area (Å²) in [5.74, 6) is 2.15. The van der Waals surface area contributed by atoms with Crippen molar-refractivity contribution >= 4 is 11.3 Å². The highest BCUT2D eigenvalue weighted by Crippen LogP contribution is 2.61. The zero-order valence-corrected chi connectivity index (χ0v) is 13.1. The van der Waals surface area contributed by atoms with E-state index in [1.165, 1.54) is 62.2 Å². The summed E-state index contributed by atoms with van der Waals surface area (Å²) in [7, 11) is 0. The molecule has 1 aromatic heterocycles. The van der Waals surface area contributed by atoms with Gasteiger partial charge in [-0.05, 0) is 69.2 Å². The second-order valence-electron chi connectivity index (χ2n) is 6.70. The molecule has 2 aliphatic carbocycles. The van der Waals surface area contributed by atoms with Gasteiger partial charge < -0.3 is 5.32 Å². The second kappa shape index (κ2) is 5.53. The van der Waals surface area contributed by atoms with Crippen molar-refractivity contribution < 1.29 is 0 Å². The van der Waals surface area contributed by atoms with Crippen LogP contribution in [0.3, 0.4) is 0 Å². The van der Waals surface area contributed by atoms with E-state index in [2.05, 4.69) is 24.1 Å². The molecule has 0 spiro atoms. The highest BCUT2D eigenvalue weighted by Gasteiger charge is 2.52. The van der Waals surface area contributed by atoms with Gasteiger partial charge >= 0.3 is 0 Å². The van der Waals surface area contributed by atoms with Gasteiger partial charge in [-0.1, -0.05) is 6.92 Å². The molecule has 3 heteroatoms. The summed E-state index contributed by atoms with van der Waals surface area (Å²) in [5.41, 5.74) is 3.85. The van der Waals surface area contributed by atoms with Crippen LogP contribution in [0.15, 0.2) is 5.51 Å². The molecule has 2 fully saturated rings. The largest absolute Gasteiger partial charge is 0.316 e. The van der Waals surface area contributed by atoms with E-state index in [1.807, 2.05) is 16.8 Å². The number of nitrogens with one attached hydrogen (secondary N) is 1. The molecule has 0 aliphatic heterocycles. The van der Waals surface area contributed by atoms with Crippen molar-refractivity contribution in [3.8, 4) is 0 Å². The first-order valence-corrected chi connectivity index (χ1v) is 8.70. The lowest BCUT2D eigenvalue weighted by Crippen LogP contribution is -2.34. The number of rotatable bonds is 7.